The number of benzene rings is 2. The first-order valence-electron chi connectivity index (χ1n) is 9.83. The lowest BCUT2D eigenvalue weighted by molar-refractivity contribution is 0.0993. The highest BCUT2D eigenvalue weighted by molar-refractivity contribution is 8.00. The first-order chi connectivity index (χ1) is 14.4. The van der Waals surface area contributed by atoms with E-state index < -0.39 is 0 Å². The van der Waals surface area contributed by atoms with Gasteiger partial charge in [-0.2, -0.15) is 0 Å². The Bertz CT molecular complexity index is 1090. The molecule has 156 valence electrons. The van der Waals surface area contributed by atoms with Gasteiger partial charge in [0.1, 0.15) is 5.75 Å². The Hall–Kier alpha value is -2.86. The Kier molecular flexibility index (Phi) is 6.77. The zero-order chi connectivity index (χ0) is 21.8. The van der Waals surface area contributed by atoms with E-state index >= 15 is 0 Å². The van der Waals surface area contributed by atoms with Gasteiger partial charge in [0.05, 0.1) is 17.9 Å². The summed E-state index contributed by atoms with van der Waals surface area (Å²) in [5.41, 5.74) is 4.92. The third-order valence-electron chi connectivity index (χ3n) is 5.13. The highest BCUT2D eigenvalue weighted by atomic mass is 32.2. The van der Waals surface area contributed by atoms with Crippen molar-refractivity contribution in [3.05, 3.63) is 71.3 Å². The monoisotopic (exact) mass is 421 g/mol. The molecule has 30 heavy (non-hydrogen) atoms. The third-order valence-corrected chi connectivity index (χ3v) is 6.21. The van der Waals surface area contributed by atoms with Crippen LogP contribution in [0.25, 0.3) is 11.4 Å². The van der Waals surface area contributed by atoms with Gasteiger partial charge in [0.2, 0.25) is 0 Å². The molecule has 5 nitrogen and oxygen atoms in total. The van der Waals surface area contributed by atoms with E-state index in [1.54, 1.807) is 13.2 Å². The van der Waals surface area contributed by atoms with Gasteiger partial charge in [0.15, 0.2) is 16.8 Å². The van der Waals surface area contributed by atoms with E-state index in [-0.39, 0.29) is 11.0 Å². The Morgan fingerprint density at radius 2 is 1.87 bits per heavy atom. The average Bonchev–Trinajstić information content (AvgIpc) is 3.12. The number of hydrogen-bond acceptors (Lipinski definition) is 5. The second-order valence-corrected chi connectivity index (χ2v) is 8.59. The van der Waals surface area contributed by atoms with Gasteiger partial charge in [-0.25, -0.2) is 0 Å². The third kappa shape index (κ3) is 4.33. The second-order valence-electron chi connectivity index (χ2n) is 7.28. The summed E-state index contributed by atoms with van der Waals surface area (Å²) in [7, 11) is 1.63. The molecule has 0 saturated carbocycles. The number of ether oxygens (including phenoxy) is 1. The predicted molar refractivity (Wildman–Crippen MR) is 123 cm³/mol. The number of thioether (sulfide) groups is 1. The minimum Gasteiger partial charge on any atom is -0.496 e. The molecule has 1 unspecified atom stereocenters. The number of carbonyl (C=O) groups is 1. The minimum atomic E-state index is -0.302. The summed E-state index contributed by atoms with van der Waals surface area (Å²) < 4.78 is 7.45. The fourth-order valence-corrected chi connectivity index (χ4v) is 4.28. The summed E-state index contributed by atoms with van der Waals surface area (Å²) in [5, 5.41) is 9.15. The van der Waals surface area contributed by atoms with Crippen LogP contribution in [0.3, 0.4) is 0 Å². The van der Waals surface area contributed by atoms with E-state index in [0.717, 1.165) is 28.0 Å². The van der Waals surface area contributed by atoms with Crippen molar-refractivity contribution in [3.8, 4) is 17.1 Å². The number of Topliss-reactive ketones (excluding diaryl/α,β-unsaturated/α-hetero) is 1. The Balaban J connectivity index is 1.93. The minimum absolute atomic E-state index is 0.0904. The number of aryl methyl sites for hydroxylation is 3. The standard InChI is InChI=1S/C24H27N3O2S/c1-7-12-27-23(19-10-8-9-11-21(19)29-6)25-26-24(27)30-18(5)22(28)20-14-16(3)15(2)13-17(20)4/h7-11,13-14,18H,1,12H2,2-6H3. The molecule has 0 spiro atoms. The van der Waals surface area contributed by atoms with Crippen LogP contribution in [0.5, 0.6) is 5.75 Å². The summed E-state index contributed by atoms with van der Waals surface area (Å²) in [6.45, 7) is 12.4. The largest absolute Gasteiger partial charge is 0.496 e. The number of para-hydroxylation sites is 1. The van der Waals surface area contributed by atoms with Crippen LogP contribution in [-0.2, 0) is 6.54 Å². The van der Waals surface area contributed by atoms with Crippen LogP contribution < -0.4 is 4.74 Å². The molecule has 0 fully saturated rings. The average molecular weight is 422 g/mol. The van der Waals surface area contributed by atoms with Gasteiger partial charge in [-0.1, -0.05) is 36.0 Å². The maximum absolute atomic E-state index is 13.2. The lowest BCUT2D eigenvalue weighted by atomic mass is 9.97. The molecule has 0 radical (unpaired) electrons. The Morgan fingerprint density at radius 1 is 1.17 bits per heavy atom. The summed E-state index contributed by atoms with van der Waals surface area (Å²) in [5.74, 6) is 1.51. The maximum Gasteiger partial charge on any atom is 0.192 e. The molecule has 0 N–H and O–H groups in total. The number of nitrogens with zero attached hydrogens (tertiary/aromatic N) is 3. The van der Waals surface area contributed by atoms with E-state index in [4.69, 9.17) is 4.74 Å². The van der Waals surface area contributed by atoms with Crippen molar-refractivity contribution in [2.24, 2.45) is 0 Å². The predicted octanol–water partition coefficient (Wildman–Crippen LogP) is 5.43. The number of rotatable bonds is 8. The van der Waals surface area contributed by atoms with E-state index in [2.05, 4.69) is 29.8 Å². The van der Waals surface area contributed by atoms with Gasteiger partial charge >= 0.3 is 0 Å². The van der Waals surface area contributed by atoms with Crippen molar-refractivity contribution in [3.63, 3.8) is 0 Å². The summed E-state index contributed by atoms with van der Waals surface area (Å²) >= 11 is 1.41. The lowest BCUT2D eigenvalue weighted by Crippen LogP contribution is -2.16. The van der Waals surface area contributed by atoms with Crippen LogP contribution in [-0.4, -0.2) is 32.9 Å². The smallest absolute Gasteiger partial charge is 0.192 e. The highest BCUT2D eigenvalue weighted by Gasteiger charge is 2.23. The first kappa shape index (κ1) is 21.8. The molecule has 3 rings (SSSR count). The molecular weight excluding hydrogens is 394 g/mol. The van der Waals surface area contributed by atoms with Crippen molar-refractivity contribution < 1.29 is 9.53 Å². The van der Waals surface area contributed by atoms with Gasteiger partial charge in [-0.15, -0.1) is 16.8 Å². The van der Waals surface area contributed by atoms with Crippen LogP contribution in [0.1, 0.15) is 34.0 Å². The molecule has 0 saturated heterocycles. The topological polar surface area (TPSA) is 57.0 Å². The van der Waals surface area contributed by atoms with E-state index in [9.17, 15) is 4.79 Å². The summed E-state index contributed by atoms with van der Waals surface area (Å²) in [4.78, 5) is 13.2. The van der Waals surface area contributed by atoms with Gasteiger partial charge in [-0.3, -0.25) is 9.36 Å². The zero-order valence-corrected chi connectivity index (χ0v) is 18.9. The zero-order valence-electron chi connectivity index (χ0n) is 18.1. The van der Waals surface area contributed by atoms with Crippen LogP contribution in [0, 0.1) is 20.8 Å². The molecule has 3 aromatic rings. The van der Waals surface area contributed by atoms with Crippen molar-refractivity contribution in [2.75, 3.05) is 7.11 Å². The molecule has 1 heterocycles. The molecule has 1 aromatic heterocycles. The van der Waals surface area contributed by atoms with E-state index in [1.165, 1.54) is 17.3 Å². The van der Waals surface area contributed by atoms with Gasteiger partial charge in [-0.05, 0) is 62.6 Å². The number of methoxy groups -OCH3 is 1. The fraction of sp³-hybridized carbons (Fsp3) is 0.292. The van der Waals surface area contributed by atoms with Crippen LogP contribution in [0.2, 0.25) is 0 Å². The molecule has 0 aliphatic heterocycles. The normalized spacial score (nSPS) is 11.9. The molecule has 2 aromatic carbocycles. The van der Waals surface area contributed by atoms with Crippen molar-refractivity contribution in [1.29, 1.82) is 0 Å². The summed E-state index contributed by atoms with van der Waals surface area (Å²) in [6.07, 6.45) is 1.80. The lowest BCUT2D eigenvalue weighted by Gasteiger charge is -2.15. The van der Waals surface area contributed by atoms with Gasteiger partial charge in [0, 0.05) is 12.1 Å². The van der Waals surface area contributed by atoms with Gasteiger partial charge in [0.25, 0.3) is 0 Å². The van der Waals surface area contributed by atoms with E-state index in [1.807, 2.05) is 55.7 Å². The van der Waals surface area contributed by atoms with E-state index in [0.29, 0.717) is 17.5 Å². The Morgan fingerprint density at radius 3 is 2.57 bits per heavy atom. The molecule has 0 aliphatic rings. The molecule has 0 amide bonds. The number of aromatic nitrogens is 3. The molecule has 0 bridgehead atoms. The van der Waals surface area contributed by atoms with Crippen LogP contribution in [0.4, 0.5) is 0 Å². The SMILES string of the molecule is C=CCn1c(SC(C)C(=O)c2cc(C)c(C)cc2C)nnc1-c1ccccc1OC. The summed E-state index contributed by atoms with van der Waals surface area (Å²) in [6, 6.07) is 11.7. The molecule has 1 atom stereocenters. The highest BCUT2D eigenvalue weighted by Crippen LogP contribution is 2.33. The molecular formula is C24H27N3O2S. The first-order valence-corrected chi connectivity index (χ1v) is 10.7. The van der Waals surface area contributed by atoms with Crippen molar-refractivity contribution in [1.82, 2.24) is 14.8 Å². The Labute approximate surface area is 182 Å². The number of allylic oxidation sites excluding steroid dienone is 1. The number of ketones is 1. The van der Waals surface area contributed by atoms with Gasteiger partial charge < -0.3 is 4.74 Å². The van der Waals surface area contributed by atoms with Crippen molar-refractivity contribution >= 4 is 17.5 Å². The molecule has 0 aliphatic carbocycles. The fourth-order valence-electron chi connectivity index (χ4n) is 3.35. The number of hydrogen-bond donors (Lipinski definition) is 0. The molecule has 6 heteroatoms. The quantitative estimate of drug-likeness (QED) is 0.276. The van der Waals surface area contributed by atoms with Crippen LogP contribution in [0.15, 0.2) is 54.2 Å². The second kappa shape index (κ2) is 9.30. The van der Waals surface area contributed by atoms with Crippen LogP contribution >= 0.6 is 11.8 Å². The maximum atomic E-state index is 13.2. The van der Waals surface area contributed by atoms with Crippen molar-refractivity contribution in [2.45, 2.75) is 44.6 Å². The number of carbonyl (C=O) groups excluding carboxylic acids is 1.